The molecule has 3 heterocycles. The van der Waals surface area contributed by atoms with Crippen molar-refractivity contribution >= 4 is 5.95 Å². The molecule has 0 fully saturated rings. The van der Waals surface area contributed by atoms with Crippen LogP contribution in [0.15, 0.2) is 42.9 Å². The first-order valence-corrected chi connectivity index (χ1v) is 6.84. The summed E-state index contributed by atoms with van der Waals surface area (Å²) >= 11 is 0. The van der Waals surface area contributed by atoms with Crippen LogP contribution in [0.5, 0.6) is 0 Å². The molecule has 112 valence electrons. The molecule has 0 spiro atoms. The van der Waals surface area contributed by atoms with Crippen molar-refractivity contribution in [2.45, 2.75) is 13.2 Å². The van der Waals surface area contributed by atoms with E-state index in [-0.39, 0.29) is 0 Å². The Kier molecular flexibility index (Phi) is 4.35. The van der Waals surface area contributed by atoms with Crippen molar-refractivity contribution in [3.05, 3.63) is 54.2 Å². The third-order valence-electron chi connectivity index (χ3n) is 3.03. The molecule has 3 aromatic rings. The first-order chi connectivity index (χ1) is 10.8. The first kappa shape index (κ1) is 14.2. The lowest BCUT2D eigenvalue weighted by molar-refractivity contribution is 0.181. The van der Waals surface area contributed by atoms with Gasteiger partial charge in [-0.3, -0.25) is 10.1 Å². The Morgan fingerprint density at radius 3 is 3.05 bits per heavy atom. The highest BCUT2D eigenvalue weighted by atomic mass is 16.5. The van der Waals surface area contributed by atoms with Crippen molar-refractivity contribution in [1.82, 2.24) is 25.1 Å². The molecule has 0 aromatic carbocycles. The number of aromatic amines is 1. The van der Waals surface area contributed by atoms with Crippen molar-refractivity contribution in [1.29, 1.82) is 0 Å². The fourth-order valence-corrected chi connectivity index (χ4v) is 2.01. The minimum Gasteiger partial charge on any atom is -0.378 e. The Morgan fingerprint density at radius 2 is 2.23 bits per heavy atom. The summed E-state index contributed by atoms with van der Waals surface area (Å²) in [5.74, 6) is 0.559. The summed E-state index contributed by atoms with van der Waals surface area (Å²) in [6.07, 6.45) is 5.23. The number of ether oxygens (including phenoxy) is 1. The van der Waals surface area contributed by atoms with Gasteiger partial charge in [-0.05, 0) is 24.3 Å². The minimum absolute atomic E-state index is 0.490. The molecule has 0 amide bonds. The molecule has 0 aliphatic heterocycles. The van der Waals surface area contributed by atoms with Crippen LogP contribution in [0, 0.1) is 0 Å². The second-order valence-corrected chi connectivity index (χ2v) is 4.68. The fraction of sp³-hybridized carbons (Fsp3) is 0.200. The maximum absolute atomic E-state index is 5.04. The Bertz CT molecular complexity index is 728. The molecular weight excluding hydrogens is 280 g/mol. The molecule has 0 bridgehead atoms. The number of H-pyrrole nitrogens is 1. The predicted octanol–water partition coefficient (Wildman–Crippen LogP) is 2.02. The second kappa shape index (κ2) is 6.77. The van der Waals surface area contributed by atoms with Crippen LogP contribution in [0.2, 0.25) is 0 Å². The third-order valence-corrected chi connectivity index (χ3v) is 3.03. The monoisotopic (exact) mass is 296 g/mol. The zero-order valence-corrected chi connectivity index (χ0v) is 12.2. The largest absolute Gasteiger partial charge is 0.378 e. The smallest absolute Gasteiger partial charge is 0.223 e. The number of rotatable bonds is 6. The molecule has 0 saturated heterocycles. The number of nitrogens with zero attached hydrogens (tertiary/aromatic N) is 4. The van der Waals surface area contributed by atoms with Crippen molar-refractivity contribution in [3.63, 3.8) is 0 Å². The summed E-state index contributed by atoms with van der Waals surface area (Å²) in [5, 5.41) is 10.3. The summed E-state index contributed by atoms with van der Waals surface area (Å²) in [4.78, 5) is 12.8. The van der Waals surface area contributed by atoms with Crippen LogP contribution >= 0.6 is 0 Å². The third kappa shape index (κ3) is 3.44. The molecule has 0 atom stereocenters. The Hall–Kier alpha value is -2.80. The number of hydrogen-bond donors (Lipinski definition) is 2. The van der Waals surface area contributed by atoms with Gasteiger partial charge in [-0.25, -0.2) is 9.97 Å². The van der Waals surface area contributed by atoms with Gasteiger partial charge in [0, 0.05) is 31.3 Å². The van der Waals surface area contributed by atoms with Crippen LogP contribution < -0.4 is 5.32 Å². The lowest BCUT2D eigenvalue weighted by atomic mass is 10.2. The number of nitrogens with one attached hydrogen (secondary N) is 2. The molecule has 0 aliphatic rings. The molecule has 0 radical (unpaired) electrons. The molecule has 0 aliphatic carbocycles. The van der Waals surface area contributed by atoms with E-state index in [0.29, 0.717) is 19.1 Å². The maximum Gasteiger partial charge on any atom is 0.223 e. The molecule has 7 nitrogen and oxygen atoms in total. The lowest BCUT2D eigenvalue weighted by Crippen LogP contribution is -2.04. The highest BCUT2D eigenvalue weighted by Gasteiger charge is 2.04. The molecule has 2 N–H and O–H groups in total. The van der Waals surface area contributed by atoms with E-state index in [0.717, 1.165) is 22.6 Å². The number of anilines is 1. The van der Waals surface area contributed by atoms with Crippen LogP contribution in [0.25, 0.3) is 11.3 Å². The van der Waals surface area contributed by atoms with Gasteiger partial charge in [-0.1, -0.05) is 0 Å². The average Bonchev–Trinajstić information content (AvgIpc) is 3.02. The predicted molar refractivity (Wildman–Crippen MR) is 81.9 cm³/mol. The van der Waals surface area contributed by atoms with Gasteiger partial charge in [0.25, 0.3) is 0 Å². The Balaban J connectivity index is 1.67. The summed E-state index contributed by atoms with van der Waals surface area (Å²) < 4.78 is 5.04. The fourth-order valence-electron chi connectivity index (χ4n) is 2.01. The topological polar surface area (TPSA) is 88.6 Å². The van der Waals surface area contributed by atoms with Gasteiger partial charge in [0.05, 0.1) is 30.2 Å². The van der Waals surface area contributed by atoms with Crippen LogP contribution in [-0.4, -0.2) is 32.3 Å². The van der Waals surface area contributed by atoms with Crippen LogP contribution in [0.3, 0.4) is 0 Å². The number of aromatic nitrogens is 5. The maximum atomic E-state index is 5.04. The van der Waals surface area contributed by atoms with Gasteiger partial charge in [-0.15, -0.1) is 0 Å². The van der Waals surface area contributed by atoms with E-state index in [1.807, 2.05) is 24.3 Å². The molecule has 0 unspecified atom stereocenters. The van der Waals surface area contributed by atoms with E-state index < -0.39 is 0 Å². The van der Waals surface area contributed by atoms with E-state index in [9.17, 15) is 0 Å². The van der Waals surface area contributed by atoms with Crippen molar-refractivity contribution in [2.24, 2.45) is 0 Å². The molecule has 22 heavy (non-hydrogen) atoms. The summed E-state index contributed by atoms with van der Waals surface area (Å²) in [5.41, 5.74) is 3.60. The van der Waals surface area contributed by atoms with E-state index in [1.54, 1.807) is 25.7 Å². The van der Waals surface area contributed by atoms with Crippen molar-refractivity contribution in [3.8, 4) is 11.3 Å². The normalized spacial score (nSPS) is 10.6. The van der Waals surface area contributed by atoms with Crippen LogP contribution in [0.4, 0.5) is 5.95 Å². The molecule has 3 aromatic heterocycles. The van der Waals surface area contributed by atoms with E-state index >= 15 is 0 Å². The van der Waals surface area contributed by atoms with E-state index in [1.165, 1.54) is 0 Å². The van der Waals surface area contributed by atoms with Crippen molar-refractivity contribution in [2.75, 3.05) is 12.4 Å². The Morgan fingerprint density at radius 1 is 1.27 bits per heavy atom. The highest BCUT2D eigenvalue weighted by Crippen LogP contribution is 2.16. The number of pyridine rings is 1. The summed E-state index contributed by atoms with van der Waals surface area (Å²) in [6, 6.07) is 7.65. The average molecular weight is 296 g/mol. The molecule has 7 heteroatoms. The van der Waals surface area contributed by atoms with Crippen LogP contribution in [-0.2, 0) is 17.9 Å². The Labute approximate surface area is 127 Å². The lowest BCUT2D eigenvalue weighted by Gasteiger charge is -2.05. The van der Waals surface area contributed by atoms with Gasteiger partial charge in [0.2, 0.25) is 5.95 Å². The highest BCUT2D eigenvalue weighted by molar-refractivity contribution is 5.58. The quantitative estimate of drug-likeness (QED) is 0.723. The standard InChI is InChI=1S/C15H16N6O/c1-22-10-13-7-12(20-21-13)9-18-15-17-6-4-14(19-15)11-3-2-5-16-8-11/h2-8H,9-10H2,1H3,(H,20,21)(H,17,18,19). The van der Waals surface area contributed by atoms with Crippen LogP contribution in [0.1, 0.15) is 11.4 Å². The SMILES string of the molecule is COCc1cc(CNc2nccc(-c3cccnc3)n2)[nH]n1. The first-order valence-electron chi connectivity index (χ1n) is 6.84. The summed E-state index contributed by atoms with van der Waals surface area (Å²) in [6.45, 7) is 1.05. The van der Waals surface area contributed by atoms with Gasteiger partial charge >= 0.3 is 0 Å². The molecule has 0 saturated carbocycles. The minimum atomic E-state index is 0.490. The van der Waals surface area contributed by atoms with Gasteiger partial charge in [0.1, 0.15) is 0 Å². The van der Waals surface area contributed by atoms with E-state index in [4.69, 9.17) is 4.74 Å². The van der Waals surface area contributed by atoms with Gasteiger partial charge < -0.3 is 10.1 Å². The van der Waals surface area contributed by atoms with E-state index in [2.05, 4.69) is 30.5 Å². The zero-order valence-electron chi connectivity index (χ0n) is 12.2. The number of hydrogen-bond acceptors (Lipinski definition) is 6. The molecular formula is C15H16N6O. The molecule has 3 rings (SSSR count). The number of methoxy groups -OCH3 is 1. The summed E-state index contributed by atoms with van der Waals surface area (Å²) in [7, 11) is 1.64. The van der Waals surface area contributed by atoms with Gasteiger partial charge in [-0.2, -0.15) is 5.10 Å². The zero-order chi connectivity index (χ0) is 15.2. The second-order valence-electron chi connectivity index (χ2n) is 4.68. The van der Waals surface area contributed by atoms with Gasteiger partial charge in [0.15, 0.2) is 0 Å². The van der Waals surface area contributed by atoms with Crippen molar-refractivity contribution < 1.29 is 4.74 Å².